The summed E-state index contributed by atoms with van der Waals surface area (Å²) >= 11 is 0. The number of benzene rings is 1. The number of nitrogen functional groups attached to an aromatic ring is 1. The number of hydrogen-bond donors (Lipinski definition) is 1. The second-order valence-electron chi connectivity index (χ2n) is 4.84. The molecule has 4 heteroatoms. The molecule has 0 aliphatic carbocycles. The molecule has 0 unspecified atom stereocenters. The van der Waals surface area contributed by atoms with Gasteiger partial charge in [0.25, 0.3) is 0 Å². The maximum Gasteiger partial charge on any atom is 0.226 e. The average Bonchev–Trinajstić information content (AvgIpc) is 2.80. The van der Waals surface area contributed by atoms with E-state index in [0.29, 0.717) is 5.88 Å². The zero-order valence-corrected chi connectivity index (χ0v) is 10.9. The lowest BCUT2D eigenvalue weighted by molar-refractivity contribution is 0.438. The highest BCUT2D eigenvalue weighted by atomic mass is 16.5. The second-order valence-corrected chi connectivity index (χ2v) is 4.84. The second kappa shape index (κ2) is 4.39. The van der Waals surface area contributed by atoms with Crippen molar-refractivity contribution < 1.29 is 4.52 Å². The predicted octanol–water partition coefficient (Wildman–Crippen LogP) is 3.60. The van der Waals surface area contributed by atoms with Crippen LogP contribution in [0.4, 0.5) is 5.88 Å². The Morgan fingerprint density at radius 1 is 1.16 bits per heavy atom. The lowest BCUT2D eigenvalue weighted by Gasteiger charge is -2.07. The molecule has 0 fully saturated rings. The van der Waals surface area contributed by atoms with Crippen LogP contribution in [0.2, 0.25) is 0 Å². The van der Waals surface area contributed by atoms with E-state index in [9.17, 15) is 0 Å². The zero-order chi connectivity index (χ0) is 13.4. The van der Waals surface area contributed by atoms with E-state index in [1.54, 1.807) is 6.20 Å². The fraction of sp³-hybridized carbons (Fsp3) is 0.200. The lowest BCUT2D eigenvalue weighted by Crippen LogP contribution is -1.95. The molecule has 0 saturated heterocycles. The van der Waals surface area contributed by atoms with Gasteiger partial charge in [0.1, 0.15) is 5.69 Å². The van der Waals surface area contributed by atoms with Gasteiger partial charge in [-0.05, 0) is 18.1 Å². The van der Waals surface area contributed by atoms with Crippen molar-refractivity contribution in [2.75, 3.05) is 5.73 Å². The maximum absolute atomic E-state index is 5.88. The predicted molar refractivity (Wildman–Crippen MR) is 75.7 cm³/mol. The molecule has 19 heavy (non-hydrogen) atoms. The number of rotatable bonds is 2. The smallest absolute Gasteiger partial charge is 0.226 e. The topological polar surface area (TPSA) is 64.9 Å². The van der Waals surface area contributed by atoms with Crippen molar-refractivity contribution in [2.45, 2.75) is 19.8 Å². The van der Waals surface area contributed by atoms with Crippen molar-refractivity contribution >= 4 is 16.8 Å². The molecule has 1 aromatic carbocycles. The highest BCUT2D eigenvalue weighted by molar-refractivity contribution is 5.94. The van der Waals surface area contributed by atoms with E-state index in [2.05, 4.69) is 24.0 Å². The zero-order valence-electron chi connectivity index (χ0n) is 10.9. The van der Waals surface area contributed by atoms with Gasteiger partial charge in [0.05, 0.1) is 5.52 Å². The lowest BCUT2D eigenvalue weighted by atomic mass is 9.96. The molecule has 0 aliphatic rings. The minimum absolute atomic E-state index is 0.258. The summed E-state index contributed by atoms with van der Waals surface area (Å²) in [5, 5.41) is 5.19. The average molecular weight is 253 g/mol. The van der Waals surface area contributed by atoms with Crippen molar-refractivity contribution in [3.63, 3.8) is 0 Å². The highest BCUT2D eigenvalue weighted by Gasteiger charge is 2.19. The Hall–Kier alpha value is -2.36. The summed E-state index contributed by atoms with van der Waals surface area (Å²) in [5.74, 6) is 0.652. The number of pyridine rings is 1. The van der Waals surface area contributed by atoms with E-state index in [-0.39, 0.29) is 5.92 Å². The molecule has 0 radical (unpaired) electrons. The Morgan fingerprint density at radius 3 is 2.79 bits per heavy atom. The van der Waals surface area contributed by atoms with Crippen LogP contribution in [-0.4, -0.2) is 10.1 Å². The minimum atomic E-state index is 0.258. The Labute approximate surface area is 111 Å². The summed E-state index contributed by atoms with van der Waals surface area (Å²) in [4.78, 5) is 4.36. The van der Waals surface area contributed by atoms with Crippen LogP contribution in [0, 0.1) is 0 Å². The first-order valence-corrected chi connectivity index (χ1v) is 6.27. The number of nitrogens with zero attached hydrogens (tertiary/aromatic N) is 2. The third-order valence-electron chi connectivity index (χ3n) is 3.23. The summed E-state index contributed by atoms with van der Waals surface area (Å²) in [5.41, 5.74) is 9.60. The van der Waals surface area contributed by atoms with E-state index in [4.69, 9.17) is 10.3 Å². The number of hydrogen-bond acceptors (Lipinski definition) is 4. The Balaban J connectivity index is 2.31. The quantitative estimate of drug-likeness (QED) is 0.757. The third kappa shape index (κ3) is 1.85. The summed E-state index contributed by atoms with van der Waals surface area (Å²) in [6, 6.07) is 9.93. The first-order chi connectivity index (χ1) is 9.18. The molecule has 2 aromatic heterocycles. The van der Waals surface area contributed by atoms with Crippen LogP contribution in [0.25, 0.3) is 22.2 Å². The van der Waals surface area contributed by atoms with Crippen LogP contribution in [0.1, 0.15) is 25.3 Å². The molecule has 2 N–H and O–H groups in total. The Morgan fingerprint density at radius 2 is 2.00 bits per heavy atom. The number of nitrogens with two attached hydrogens (primary N) is 1. The van der Waals surface area contributed by atoms with E-state index in [1.807, 2.05) is 30.3 Å². The van der Waals surface area contributed by atoms with Gasteiger partial charge in [-0.2, -0.15) is 0 Å². The van der Waals surface area contributed by atoms with E-state index in [1.165, 1.54) is 0 Å². The van der Waals surface area contributed by atoms with Crippen LogP contribution in [0.3, 0.4) is 0 Å². The molecule has 96 valence electrons. The first kappa shape index (κ1) is 11.7. The molecule has 0 amide bonds. The minimum Gasteiger partial charge on any atom is -0.367 e. The fourth-order valence-electron chi connectivity index (χ4n) is 2.37. The monoisotopic (exact) mass is 253 g/mol. The standard InChI is InChI=1S/C15H15N3O/c1-9(2)13-14(18-19-15(13)16)11-5-3-7-12-10(11)6-4-8-17-12/h3-9H,16H2,1-2H3. The molecule has 3 rings (SSSR count). The number of aromatic nitrogens is 2. The molecule has 0 bridgehead atoms. The van der Waals surface area contributed by atoms with Crippen molar-refractivity contribution in [3.05, 3.63) is 42.1 Å². The van der Waals surface area contributed by atoms with E-state index >= 15 is 0 Å². The molecule has 3 aromatic rings. The van der Waals surface area contributed by atoms with Crippen molar-refractivity contribution in [2.24, 2.45) is 0 Å². The largest absolute Gasteiger partial charge is 0.367 e. The summed E-state index contributed by atoms with van der Waals surface area (Å²) in [6.07, 6.45) is 1.78. The van der Waals surface area contributed by atoms with Gasteiger partial charge in [-0.3, -0.25) is 4.98 Å². The Bertz CT molecular complexity index is 726. The van der Waals surface area contributed by atoms with Gasteiger partial charge in [-0.1, -0.05) is 37.2 Å². The molecule has 0 saturated carbocycles. The van der Waals surface area contributed by atoms with E-state index < -0.39 is 0 Å². The van der Waals surface area contributed by atoms with Gasteiger partial charge in [0.15, 0.2) is 0 Å². The molecular formula is C15H15N3O. The molecule has 4 nitrogen and oxygen atoms in total. The maximum atomic E-state index is 5.88. The summed E-state index contributed by atoms with van der Waals surface area (Å²) in [6.45, 7) is 4.16. The SMILES string of the molecule is CC(C)c1c(-c2cccc3ncccc23)noc1N. The summed E-state index contributed by atoms with van der Waals surface area (Å²) < 4.78 is 5.17. The Kier molecular flexibility index (Phi) is 2.71. The third-order valence-corrected chi connectivity index (χ3v) is 3.23. The fourth-order valence-corrected chi connectivity index (χ4v) is 2.37. The van der Waals surface area contributed by atoms with Gasteiger partial charge in [0.2, 0.25) is 5.88 Å². The number of anilines is 1. The van der Waals surface area contributed by atoms with Gasteiger partial charge >= 0.3 is 0 Å². The molecule has 2 heterocycles. The van der Waals surface area contributed by atoms with Crippen LogP contribution in [0.5, 0.6) is 0 Å². The van der Waals surface area contributed by atoms with Crippen molar-refractivity contribution in [1.82, 2.24) is 10.1 Å². The van der Waals surface area contributed by atoms with Crippen molar-refractivity contribution in [1.29, 1.82) is 0 Å². The van der Waals surface area contributed by atoms with Crippen LogP contribution >= 0.6 is 0 Å². The van der Waals surface area contributed by atoms with Gasteiger partial charge < -0.3 is 10.3 Å². The molecular weight excluding hydrogens is 238 g/mol. The first-order valence-electron chi connectivity index (χ1n) is 6.27. The summed E-state index contributed by atoms with van der Waals surface area (Å²) in [7, 11) is 0. The van der Waals surface area contributed by atoms with Gasteiger partial charge in [-0.25, -0.2) is 0 Å². The normalized spacial score (nSPS) is 11.3. The molecule has 0 atom stereocenters. The van der Waals surface area contributed by atoms with Crippen molar-refractivity contribution in [3.8, 4) is 11.3 Å². The van der Waals surface area contributed by atoms with Gasteiger partial charge in [-0.15, -0.1) is 0 Å². The van der Waals surface area contributed by atoms with Crippen LogP contribution in [0.15, 0.2) is 41.1 Å². The van der Waals surface area contributed by atoms with Crippen LogP contribution < -0.4 is 5.73 Å². The number of fused-ring (bicyclic) bond motifs is 1. The van der Waals surface area contributed by atoms with E-state index in [0.717, 1.165) is 27.7 Å². The van der Waals surface area contributed by atoms with Crippen LogP contribution in [-0.2, 0) is 0 Å². The van der Waals surface area contributed by atoms with Gasteiger partial charge in [0, 0.05) is 22.7 Å². The highest BCUT2D eigenvalue weighted by Crippen LogP contribution is 2.35. The molecule has 0 spiro atoms. The molecule has 0 aliphatic heterocycles.